The van der Waals surface area contributed by atoms with Gasteiger partial charge in [0.1, 0.15) is 5.25 Å². The van der Waals surface area contributed by atoms with Gasteiger partial charge in [-0.25, -0.2) is 8.42 Å². The quantitative estimate of drug-likeness (QED) is 0.611. The van der Waals surface area contributed by atoms with Crippen LogP contribution in [0.4, 0.5) is 0 Å². The highest BCUT2D eigenvalue weighted by atomic mass is 32.2. The van der Waals surface area contributed by atoms with E-state index >= 15 is 0 Å². The third-order valence-electron chi connectivity index (χ3n) is 2.22. The van der Waals surface area contributed by atoms with Gasteiger partial charge in [-0.1, -0.05) is 19.1 Å². The molecule has 0 bridgehead atoms. The minimum absolute atomic E-state index is 0.106. The molecule has 1 atom stereocenters. The first kappa shape index (κ1) is 16.3. The van der Waals surface area contributed by atoms with Crippen molar-refractivity contribution in [3.05, 3.63) is 0 Å². The van der Waals surface area contributed by atoms with Crippen LogP contribution in [0.15, 0.2) is 0 Å². The van der Waals surface area contributed by atoms with E-state index in [0.717, 1.165) is 10.7 Å². The Labute approximate surface area is 108 Å². The predicted molar refractivity (Wildman–Crippen MR) is 71.1 cm³/mol. The van der Waals surface area contributed by atoms with Gasteiger partial charge in [0.25, 0.3) is 0 Å². The van der Waals surface area contributed by atoms with Crippen LogP contribution in [0.3, 0.4) is 0 Å². The molecule has 3 N–H and O–H groups in total. The van der Waals surface area contributed by atoms with Crippen LogP contribution >= 0.6 is 12.2 Å². The van der Waals surface area contributed by atoms with Crippen molar-refractivity contribution in [1.82, 2.24) is 9.62 Å². The maximum Gasteiger partial charge on any atom is 0.235 e. The molecule has 0 fully saturated rings. The highest BCUT2D eigenvalue weighted by Crippen LogP contribution is 2.06. The fourth-order valence-corrected chi connectivity index (χ4v) is 2.52. The lowest BCUT2D eigenvalue weighted by atomic mass is 10.4. The lowest BCUT2D eigenvalue weighted by Gasteiger charge is -2.20. The van der Waals surface area contributed by atoms with Crippen molar-refractivity contribution in [2.45, 2.75) is 25.5 Å². The Morgan fingerprint density at radius 1 is 1.53 bits per heavy atom. The van der Waals surface area contributed by atoms with E-state index in [1.54, 1.807) is 0 Å². The SMILES string of the molecule is CCCNC(=O)CN(C)S(=O)(=O)C(C)C(N)=S. The van der Waals surface area contributed by atoms with Crippen LogP contribution < -0.4 is 11.1 Å². The summed E-state index contributed by atoms with van der Waals surface area (Å²) in [5.41, 5.74) is 5.30. The lowest BCUT2D eigenvalue weighted by molar-refractivity contribution is -0.121. The first-order chi connectivity index (χ1) is 7.73. The number of nitrogens with two attached hydrogens (primary N) is 1. The molecule has 0 radical (unpaired) electrons. The highest BCUT2D eigenvalue weighted by Gasteiger charge is 2.29. The molecule has 0 heterocycles. The van der Waals surface area contributed by atoms with Gasteiger partial charge in [-0.2, -0.15) is 4.31 Å². The summed E-state index contributed by atoms with van der Waals surface area (Å²) in [6.45, 7) is 3.61. The Bertz CT molecular complexity index is 381. The number of hydrogen-bond donors (Lipinski definition) is 2. The fourth-order valence-electron chi connectivity index (χ4n) is 1.03. The molecule has 6 nitrogen and oxygen atoms in total. The van der Waals surface area contributed by atoms with Gasteiger partial charge in [0.15, 0.2) is 0 Å². The topological polar surface area (TPSA) is 92.5 Å². The maximum absolute atomic E-state index is 11.9. The van der Waals surface area contributed by atoms with Gasteiger partial charge in [0.05, 0.1) is 11.5 Å². The maximum atomic E-state index is 11.9. The smallest absolute Gasteiger partial charge is 0.235 e. The van der Waals surface area contributed by atoms with Gasteiger partial charge in [0.2, 0.25) is 15.9 Å². The zero-order valence-corrected chi connectivity index (χ0v) is 11.9. The molecule has 0 aromatic carbocycles. The molecule has 1 unspecified atom stereocenters. The van der Waals surface area contributed by atoms with E-state index < -0.39 is 15.3 Å². The Morgan fingerprint density at radius 2 is 2.06 bits per heavy atom. The third kappa shape index (κ3) is 4.97. The number of likely N-dealkylation sites (N-methyl/N-ethyl adjacent to an activating group) is 1. The number of rotatable bonds is 7. The van der Waals surface area contributed by atoms with Crippen LogP contribution in [0.5, 0.6) is 0 Å². The summed E-state index contributed by atoms with van der Waals surface area (Å²) in [6.07, 6.45) is 0.797. The summed E-state index contributed by atoms with van der Waals surface area (Å²) in [5.74, 6) is -0.340. The second-order valence-electron chi connectivity index (χ2n) is 3.70. The van der Waals surface area contributed by atoms with E-state index in [0.29, 0.717) is 6.54 Å². The molecule has 0 aromatic rings. The molecule has 17 heavy (non-hydrogen) atoms. The predicted octanol–water partition coefficient (Wildman–Crippen LogP) is -0.551. The van der Waals surface area contributed by atoms with Crippen molar-refractivity contribution in [2.75, 3.05) is 20.1 Å². The molecule has 0 aromatic heterocycles. The number of amides is 1. The summed E-state index contributed by atoms with van der Waals surface area (Å²) >= 11 is 4.64. The van der Waals surface area contributed by atoms with Crippen LogP contribution in [0, 0.1) is 0 Å². The number of sulfonamides is 1. The van der Waals surface area contributed by atoms with Gasteiger partial charge < -0.3 is 11.1 Å². The van der Waals surface area contributed by atoms with Crippen molar-refractivity contribution < 1.29 is 13.2 Å². The van der Waals surface area contributed by atoms with Crippen molar-refractivity contribution in [3.63, 3.8) is 0 Å². The lowest BCUT2D eigenvalue weighted by Crippen LogP contribution is -2.45. The largest absolute Gasteiger partial charge is 0.392 e. The van der Waals surface area contributed by atoms with Crippen molar-refractivity contribution >= 4 is 33.1 Å². The molecular weight excluding hydrogens is 262 g/mol. The average molecular weight is 281 g/mol. The summed E-state index contributed by atoms with van der Waals surface area (Å²) < 4.78 is 24.7. The summed E-state index contributed by atoms with van der Waals surface area (Å²) in [6, 6.07) is 0. The van der Waals surface area contributed by atoms with Crippen molar-refractivity contribution in [1.29, 1.82) is 0 Å². The number of hydrogen-bond acceptors (Lipinski definition) is 4. The molecule has 8 heteroatoms. The summed E-state index contributed by atoms with van der Waals surface area (Å²) in [5, 5.41) is 1.62. The van der Waals surface area contributed by atoms with Gasteiger partial charge in [-0.3, -0.25) is 4.79 Å². The minimum atomic E-state index is -3.65. The Hall–Kier alpha value is -0.730. The number of nitrogens with zero attached hydrogens (tertiary/aromatic N) is 1. The van der Waals surface area contributed by atoms with E-state index in [9.17, 15) is 13.2 Å². The molecule has 0 aliphatic heterocycles. The van der Waals surface area contributed by atoms with E-state index in [4.69, 9.17) is 5.73 Å². The van der Waals surface area contributed by atoms with Crippen LogP contribution in [0.2, 0.25) is 0 Å². The fraction of sp³-hybridized carbons (Fsp3) is 0.778. The first-order valence-corrected chi connectivity index (χ1v) is 7.15. The zero-order valence-electron chi connectivity index (χ0n) is 10.3. The number of carbonyl (C=O) groups excluding carboxylic acids is 1. The van der Waals surface area contributed by atoms with Crippen LogP contribution in [0.25, 0.3) is 0 Å². The average Bonchev–Trinajstić information content (AvgIpc) is 2.24. The standard InChI is InChI=1S/C9H19N3O3S2/c1-4-5-11-8(13)6-12(3)17(14,15)7(2)9(10)16/h7H,4-6H2,1-3H3,(H2,10,16)(H,11,13). The molecule has 100 valence electrons. The Morgan fingerprint density at radius 3 is 2.47 bits per heavy atom. The Balaban J connectivity index is 4.55. The highest BCUT2D eigenvalue weighted by molar-refractivity contribution is 7.92. The zero-order chi connectivity index (χ0) is 13.6. The Kier molecular flexibility index (Phi) is 6.58. The minimum Gasteiger partial charge on any atom is -0.392 e. The monoisotopic (exact) mass is 281 g/mol. The van der Waals surface area contributed by atoms with Crippen LogP contribution in [-0.2, 0) is 14.8 Å². The van der Waals surface area contributed by atoms with E-state index in [1.165, 1.54) is 14.0 Å². The second-order valence-corrected chi connectivity index (χ2v) is 6.53. The molecular formula is C9H19N3O3S2. The van der Waals surface area contributed by atoms with Gasteiger partial charge in [0, 0.05) is 13.6 Å². The number of nitrogens with one attached hydrogen (secondary N) is 1. The first-order valence-electron chi connectivity index (χ1n) is 5.24. The van der Waals surface area contributed by atoms with E-state index in [-0.39, 0.29) is 17.4 Å². The van der Waals surface area contributed by atoms with E-state index in [2.05, 4.69) is 17.5 Å². The summed E-state index contributed by atoms with van der Waals surface area (Å²) in [7, 11) is -2.32. The molecule has 0 rings (SSSR count). The van der Waals surface area contributed by atoms with Gasteiger partial charge >= 0.3 is 0 Å². The van der Waals surface area contributed by atoms with Gasteiger partial charge in [-0.15, -0.1) is 0 Å². The normalized spacial score (nSPS) is 13.4. The molecule has 0 aliphatic rings. The third-order valence-corrected chi connectivity index (χ3v) is 4.87. The van der Waals surface area contributed by atoms with Crippen molar-refractivity contribution in [3.8, 4) is 0 Å². The van der Waals surface area contributed by atoms with E-state index in [1.807, 2.05) is 6.92 Å². The molecule has 1 amide bonds. The summed E-state index contributed by atoms with van der Waals surface area (Å²) in [4.78, 5) is 11.3. The van der Waals surface area contributed by atoms with Crippen LogP contribution in [0.1, 0.15) is 20.3 Å². The molecule has 0 aliphatic carbocycles. The van der Waals surface area contributed by atoms with Crippen LogP contribution in [-0.4, -0.2) is 49.0 Å². The number of thiocarbonyl (C=S) groups is 1. The molecule has 0 saturated carbocycles. The number of carbonyl (C=O) groups is 1. The van der Waals surface area contributed by atoms with Gasteiger partial charge in [-0.05, 0) is 13.3 Å². The molecule has 0 spiro atoms. The van der Waals surface area contributed by atoms with Crippen molar-refractivity contribution in [2.24, 2.45) is 5.73 Å². The second kappa shape index (κ2) is 6.87. The molecule has 0 saturated heterocycles.